The van der Waals surface area contributed by atoms with Crippen LogP contribution in [0.15, 0.2) is 10.6 Å². The lowest BCUT2D eigenvalue weighted by molar-refractivity contribution is -0.122. The first-order valence-corrected chi connectivity index (χ1v) is 7.47. The Morgan fingerprint density at radius 2 is 2.10 bits per heavy atom. The fourth-order valence-electron chi connectivity index (χ4n) is 2.51. The third-order valence-electron chi connectivity index (χ3n) is 3.59. The summed E-state index contributed by atoms with van der Waals surface area (Å²) in [5.41, 5.74) is 0.356. The number of amides is 2. The molecule has 0 atom stereocenters. The lowest BCUT2D eigenvalue weighted by Gasteiger charge is -2.32. The van der Waals surface area contributed by atoms with Gasteiger partial charge in [-0.05, 0) is 25.7 Å². The van der Waals surface area contributed by atoms with E-state index < -0.39 is 0 Å². The average Bonchev–Trinajstić information content (AvgIpc) is 2.84. The summed E-state index contributed by atoms with van der Waals surface area (Å²) >= 11 is 0. The van der Waals surface area contributed by atoms with E-state index in [2.05, 4.69) is 10.5 Å². The van der Waals surface area contributed by atoms with Crippen molar-refractivity contribution in [3.63, 3.8) is 0 Å². The van der Waals surface area contributed by atoms with Crippen molar-refractivity contribution < 1.29 is 14.1 Å². The fourth-order valence-corrected chi connectivity index (χ4v) is 2.51. The van der Waals surface area contributed by atoms with Crippen LogP contribution in [0.3, 0.4) is 0 Å². The highest BCUT2D eigenvalue weighted by molar-refractivity contribution is 5.92. The quantitative estimate of drug-likeness (QED) is 0.917. The summed E-state index contributed by atoms with van der Waals surface area (Å²) in [5, 5.41) is 6.80. The summed E-state index contributed by atoms with van der Waals surface area (Å²) in [6.07, 6.45) is 2.12. The van der Waals surface area contributed by atoms with Gasteiger partial charge in [0, 0.05) is 31.6 Å². The molecule has 6 nitrogen and oxygen atoms in total. The molecule has 6 heteroatoms. The third-order valence-corrected chi connectivity index (χ3v) is 3.59. The van der Waals surface area contributed by atoms with Crippen molar-refractivity contribution in [2.24, 2.45) is 5.92 Å². The molecular weight excluding hydrogens is 270 g/mol. The lowest BCUT2D eigenvalue weighted by atomic mass is 10.0. The number of nitrogens with one attached hydrogen (secondary N) is 1. The second-order valence-electron chi connectivity index (χ2n) is 6.05. The van der Waals surface area contributed by atoms with E-state index in [1.165, 1.54) is 0 Å². The van der Waals surface area contributed by atoms with Gasteiger partial charge in [0.15, 0.2) is 5.69 Å². The molecule has 0 saturated carbocycles. The number of hydrogen-bond donors (Lipinski definition) is 1. The molecule has 1 saturated heterocycles. The van der Waals surface area contributed by atoms with Crippen molar-refractivity contribution in [1.82, 2.24) is 15.4 Å². The second kappa shape index (κ2) is 6.74. The minimum Gasteiger partial charge on any atom is -0.361 e. The molecule has 0 radical (unpaired) electrons. The standard InChI is InChI=1S/C15H23N3O3/c1-10(2)8-14(19)16-12-4-6-18(7-5-12)15(20)13-9-11(3)21-17-13/h9-10,12H,4-8H2,1-3H3,(H,16,19). The lowest BCUT2D eigenvalue weighted by Crippen LogP contribution is -2.46. The number of carbonyl (C=O) groups is 2. The molecule has 0 spiro atoms. The van der Waals surface area contributed by atoms with Gasteiger partial charge in [0.25, 0.3) is 5.91 Å². The van der Waals surface area contributed by atoms with Crippen LogP contribution in [0.4, 0.5) is 0 Å². The number of likely N-dealkylation sites (tertiary alicyclic amines) is 1. The van der Waals surface area contributed by atoms with Crippen LogP contribution in [-0.2, 0) is 4.79 Å². The van der Waals surface area contributed by atoms with Crippen LogP contribution in [0.1, 0.15) is 49.4 Å². The Balaban J connectivity index is 1.80. The summed E-state index contributed by atoms with van der Waals surface area (Å²) in [5.74, 6) is 0.997. The molecule has 0 aliphatic carbocycles. The molecule has 1 aliphatic heterocycles. The van der Waals surface area contributed by atoms with Gasteiger partial charge in [0.2, 0.25) is 5.91 Å². The van der Waals surface area contributed by atoms with Gasteiger partial charge in [0.05, 0.1) is 0 Å². The van der Waals surface area contributed by atoms with Crippen LogP contribution >= 0.6 is 0 Å². The molecule has 2 rings (SSSR count). The maximum absolute atomic E-state index is 12.2. The Bertz CT molecular complexity index is 502. The zero-order chi connectivity index (χ0) is 15.4. The highest BCUT2D eigenvalue weighted by atomic mass is 16.5. The monoisotopic (exact) mass is 293 g/mol. The summed E-state index contributed by atoms with van der Waals surface area (Å²) < 4.78 is 4.93. The van der Waals surface area contributed by atoms with E-state index in [4.69, 9.17) is 4.52 Å². The smallest absolute Gasteiger partial charge is 0.276 e. The van der Waals surface area contributed by atoms with Gasteiger partial charge in [-0.1, -0.05) is 19.0 Å². The van der Waals surface area contributed by atoms with E-state index in [-0.39, 0.29) is 17.9 Å². The largest absolute Gasteiger partial charge is 0.361 e. The molecule has 2 heterocycles. The molecule has 1 N–H and O–H groups in total. The molecule has 21 heavy (non-hydrogen) atoms. The van der Waals surface area contributed by atoms with Crippen LogP contribution in [0.25, 0.3) is 0 Å². The molecule has 1 aliphatic rings. The van der Waals surface area contributed by atoms with Crippen LogP contribution in [0.2, 0.25) is 0 Å². The Hall–Kier alpha value is -1.85. The summed E-state index contributed by atoms with van der Waals surface area (Å²) in [6.45, 7) is 7.09. The van der Waals surface area contributed by atoms with Crippen LogP contribution in [0, 0.1) is 12.8 Å². The normalized spacial score (nSPS) is 16.3. The van der Waals surface area contributed by atoms with Gasteiger partial charge in [-0.3, -0.25) is 9.59 Å². The summed E-state index contributed by atoms with van der Waals surface area (Å²) in [4.78, 5) is 25.7. The Morgan fingerprint density at radius 3 is 2.62 bits per heavy atom. The van der Waals surface area contributed by atoms with Crippen molar-refractivity contribution >= 4 is 11.8 Å². The first kappa shape index (κ1) is 15.5. The highest BCUT2D eigenvalue weighted by Crippen LogP contribution is 2.14. The fraction of sp³-hybridized carbons (Fsp3) is 0.667. The van der Waals surface area contributed by atoms with Crippen molar-refractivity contribution in [2.45, 2.75) is 46.1 Å². The van der Waals surface area contributed by atoms with Crippen LogP contribution < -0.4 is 5.32 Å². The van der Waals surface area contributed by atoms with Gasteiger partial charge in [-0.25, -0.2) is 0 Å². The van der Waals surface area contributed by atoms with Gasteiger partial charge in [-0.2, -0.15) is 0 Å². The van der Waals surface area contributed by atoms with E-state index in [0.717, 1.165) is 12.8 Å². The predicted molar refractivity (Wildman–Crippen MR) is 77.8 cm³/mol. The van der Waals surface area contributed by atoms with Crippen molar-refractivity contribution in [3.8, 4) is 0 Å². The first-order chi connectivity index (χ1) is 9.95. The number of piperidine rings is 1. The van der Waals surface area contributed by atoms with Crippen LogP contribution in [-0.4, -0.2) is 41.0 Å². The van der Waals surface area contributed by atoms with Gasteiger partial charge in [-0.15, -0.1) is 0 Å². The number of aromatic nitrogens is 1. The summed E-state index contributed by atoms with van der Waals surface area (Å²) in [6, 6.07) is 1.82. The number of carbonyl (C=O) groups excluding carboxylic acids is 2. The minimum absolute atomic E-state index is 0.0983. The minimum atomic E-state index is -0.0983. The van der Waals surface area contributed by atoms with E-state index in [9.17, 15) is 9.59 Å². The predicted octanol–water partition coefficient (Wildman–Crippen LogP) is 1.75. The molecule has 1 fully saturated rings. The average molecular weight is 293 g/mol. The molecule has 1 aromatic rings. The SMILES string of the molecule is Cc1cc(C(=O)N2CCC(NC(=O)CC(C)C)CC2)no1. The number of aryl methyl sites for hydroxylation is 1. The molecule has 1 aromatic heterocycles. The molecule has 0 bridgehead atoms. The molecular formula is C15H23N3O3. The maximum atomic E-state index is 12.2. The summed E-state index contributed by atoms with van der Waals surface area (Å²) in [7, 11) is 0. The van der Waals surface area contributed by atoms with E-state index in [1.807, 2.05) is 13.8 Å². The molecule has 0 aromatic carbocycles. The van der Waals surface area contributed by atoms with Crippen molar-refractivity contribution in [2.75, 3.05) is 13.1 Å². The molecule has 0 unspecified atom stereocenters. The zero-order valence-electron chi connectivity index (χ0n) is 12.9. The van der Waals surface area contributed by atoms with E-state index in [0.29, 0.717) is 36.9 Å². The molecule has 116 valence electrons. The van der Waals surface area contributed by atoms with Gasteiger partial charge in [0.1, 0.15) is 5.76 Å². The number of nitrogens with zero attached hydrogens (tertiary/aromatic N) is 2. The van der Waals surface area contributed by atoms with Crippen LogP contribution in [0.5, 0.6) is 0 Å². The second-order valence-corrected chi connectivity index (χ2v) is 6.05. The topological polar surface area (TPSA) is 75.4 Å². The Morgan fingerprint density at radius 1 is 1.43 bits per heavy atom. The van der Waals surface area contributed by atoms with E-state index in [1.54, 1.807) is 17.9 Å². The zero-order valence-corrected chi connectivity index (χ0v) is 12.9. The van der Waals surface area contributed by atoms with Crippen molar-refractivity contribution in [1.29, 1.82) is 0 Å². The van der Waals surface area contributed by atoms with Crippen molar-refractivity contribution in [3.05, 3.63) is 17.5 Å². The maximum Gasteiger partial charge on any atom is 0.276 e. The number of hydrogen-bond acceptors (Lipinski definition) is 4. The first-order valence-electron chi connectivity index (χ1n) is 7.47. The van der Waals surface area contributed by atoms with Gasteiger partial charge >= 0.3 is 0 Å². The third kappa shape index (κ3) is 4.31. The number of rotatable bonds is 4. The highest BCUT2D eigenvalue weighted by Gasteiger charge is 2.26. The Labute approximate surface area is 124 Å². The molecule has 2 amide bonds. The Kier molecular flexibility index (Phi) is 4.98. The van der Waals surface area contributed by atoms with Gasteiger partial charge < -0.3 is 14.7 Å². The van der Waals surface area contributed by atoms with E-state index >= 15 is 0 Å².